The van der Waals surface area contributed by atoms with Gasteiger partial charge in [0.1, 0.15) is 5.75 Å². The van der Waals surface area contributed by atoms with Crippen molar-refractivity contribution in [2.24, 2.45) is 0 Å². The van der Waals surface area contributed by atoms with Gasteiger partial charge < -0.3 is 10.8 Å². The monoisotopic (exact) mass is 267 g/mol. The Morgan fingerprint density at radius 1 is 1.15 bits per heavy atom. The van der Waals surface area contributed by atoms with Crippen molar-refractivity contribution in [3.63, 3.8) is 0 Å². The highest BCUT2D eigenvalue weighted by molar-refractivity contribution is 5.77. The van der Waals surface area contributed by atoms with E-state index in [4.69, 9.17) is 5.73 Å². The predicted octanol–water partition coefficient (Wildman–Crippen LogP) is 4.46. The molecule has 0 amide bonds. The number of allylic oxidation sites excluding steroid dienone is 2. The third-order valence-corrected chi connectivity index (χ3v) is 3.33. The summed E-state index contributed by atoms with van der Waals surface area (Å²) < 4.78 is 0. The second-order valence-corrected chi connectivity index (χ2v) is 5.42. The van der Waals surface area contributed by atoms with E-state index in [1.807, 2.05) is 31.2 Å². The van der Waals surface area contributed by atoms with Gasteiger partial charge in [-0.3, -0.25) is 0 Å². The molecule has 0 fully saturated rings. The van der Waals surface area contributed by atoms with E-state index in [0.717, 1.165) is 28.8 Å². The minimum absolute atomic E-state index is 0.331. The van der Waals surface area contributed by atoms with Gasteiger partial charge in [0.15, 0.2) is 0 Å². The summed E-state index contributed by atoms with van der Waals surface area (Å²) in [4.78, 5) is 0. The van der Waals surface area contributed by atoms with Crippen LogP contribution in [-0.4, -0.2) is 5.11 Å². The van der Waals surface area contributed by atoms with E-state index in [1.165, 1.54) is 11.1 Å². The first-order valence-corrected chi connectivity index (χ1v) is 6.79. The molecule has 0 spiro atoms. The van der Waals surface area contributed by atoms with Gasteiger partial charge in [-0.1, -0.05) is 29.3 Å². The quantitative estimate of drug-likeness (QED) is 0.637. The lowest BCUT2D eigenvalue weighted by atomic mass is 9.98. The molecule has 0 bridgehead atoms. The number of phenols is 1. The summed E-state index contributed by atoms with van der Waals surface area (Å²) in [6, 6.07) is 11.7. The van der Waals surface area contributed by atoms with Gasteiger partial charge in [-0.2, -0.15) is 0 Å². The van der Waals surface area contributed by atoms with Crippen LogP contribution in [0.1, 0.15) is 25.0 Å². The summed E-state index contributed by atoms with van der Waals surface area (Å²) >= 11 is 0. The summed E-state index contributed by atoms with van der Waals surface area (Å²) in [5.41, 5.74) is 12.2. The van der Waals surface area contributed by atoms with Crippen molar-refractivity contribution in [1.29, 1.82) is 0 Å². The topological polar surface area (TPSA) is 46.2 Å². The second-order valence-electron chi connectivity index (χ2n) is 5.42. The molecule has 2 nitrogen and oxygen atoms in total. The highest BCUT2D eigenvalue weighted by atomic mass is 16.3. The maximum absolute atomic E-state index is 9.96. The third kappa shape index (κ3) is 3.21. The van der Waals surface area contributed by atoms with E-state index in [9.17, 15) is 5.11 Å². The molecule has 0 radical (unpaired) electrons. The summed E-state index contributed by atoms with van der Waals surface area (Å²) in [5.74, 6) is 0.331. The molecule has 20 heavy (non-hydrogen) atoms. The fraction of sp³-hybridized carbons (Fsp3) is 0.222. The number of hydrogen-bond donors (Lipinski definition) is 2. The second kappa shape index (κ2) is 5.83. The summed E-state index contributed by atoms with van der Waals surface area (Å²) in [6.45, 7) is 6.16. The molecule has 2 rings (SSSR count). The number of hydrogen-bond acceptors (Lipinski definition) is 2. The highest BCUT2D eigenvalue weighted by Crippen LogP contribution is 2.31. The smallest absolute Gasteiger partial charge is 0.119 e. The number of benzene rings is 2. The number of aryl methyl sites for hydroxylation is 1. The van der Waals surface area contributed by atoms with E-state index in [0.29, 0.717) is 5.75 Å². The first-order chi connectivity index (χ1) is 9.47. The van der Waals surface area contributed by atoms with Gasteiger partial charge in [0.05, 0.1) is 0 Å². The summed E-state index contributed by atoms with van der Waals surface area (Å²) in [7, 11) is 0. The maximum Gasteiger partial charge on any atom is 0.119 e. The minimum atomic E-state index is 0.331. The Morgan fingerprint density at radius 3 is 2.60 bits per heavy atom. The molecule has 0 aliphatic carbocycles. The molecule has 2 heteroatoms. The number of aromatic hydroxyl groups is 1. The molecule has 0 atom stereocenters. The Labute approximate surface area is 120 Å². The van der Waals surface area contributed by atoms with Crippen molar-refractivity contribution in [3.8, 4) is 16.9 Å². The van der Waals surface area contributed by atoms with E-state index in [1.54, 1.807) is 6.07 Å². The normalized spacial score (nSPS) is 10.3. The number of nitrogen functional groups attached to an aromatic ring is 1. The Bertz CT molecular complexity index is 652. The molecule has 0 saturated heterocycles. The van der Waals surface area contributed by atoms with Crippen LogP contribution in [0, 0.1) is 6.92 Å². The van der Waals surface area contributed by atoms with Crippen LogP contribution in [0.15, 0.2) is 48.0 Å². The lowest BCUT2D eigenvalue weighted by Gasteiger charge is -2.10. The third-order valence-electron chi connectivity index (χ3n) is 3.33. The van der Waals surface area contributed by atoms with Gasteiger partial charge in [-0.15, -0.1) is 0 Å². The standard InChI is InChI=1S/C18H21NO/c1-12(2)4-6-15-11-14(7-9-18(15)20)16-10-13(3)5-8-17(16)19/h4-5,7-11,20H,6,19H2,1-3H3. The Balaban J connectivity index is 2.45. The number of phenolic OH excluding ortho intramolecular Hbond substituents is 1. The highest BCUT2D eigenvalue weighted by Gasteiger charge is 2.07. The fourth-order valence-electron chi connectivity index (χ4n) is 2.15. The van der Waals surface area contributed by atoms with Crippen LogP contribution in [-0.2, 0) is 6.42 Å². The Kier molecular flexibility index (Phi) is 4.14. The largest absolute Gasteiger partial charge is 0.508 e. The van der Waals surface area contributed by atoms with Crippen molar-refractivity contribution in [3.05, 3.63) is 59.2 Å². The average Bonchev–Trinajstić information content (AvgIpc) is 2.40. The van der Waals surface area contributed by atoms with Crippen LogP contribution >= 0.6 is 0 Å². The van der Waals surface area contributed by atoms with Crippen molar-refractivity contribution in [2.75, 3.05) is 5.73 Å². The Morgan fingerprint density at radius 2 is 1.90 bits per heavy atom. The van der Waals surface area contributed by atoms with Crippen molar-refractivity contribution >= 4 is 5.69 Å². The van der Waals surface area contributed by atoms with Gasteiger partial charge in [-0.05, 0) is 62.6 Å². The molecule has 104 valence electrons. The lowest BCUT2D eigenvalue weighted by Crippen LogP contribution is -1.92. The zero-order chi connectivity index (χ0) is 14.7. The maximum atomic E-state index is 9.96. The SMILES string of the molecule is CC(C)=CCc1cc(-c2cc(C)ccc2N)ccc1O. The van der Waals surface area contributed by atoms with E-state index in [2.05, 4.69) is 26.0 Å². The molecule has 0 aliphatic heterocycles. The molecule has 0 saturated carbocycles. The average molecular weight is 267 g/mol. The van der Waals surface area contributed by atoms with E-state index >= 15 is 0 Å². The van der Waals surface area contributed by atoms with E-state index in [-0.39, 0.29) is 0 Å². The molecule has 2 aromatic carbocycles. The number of rotatable bonds is 3. The first kappa shape index (κ1) is 14.2. The molecule has 0 unspecified atom stereocenters. The fourth-order valence-corrected chi connectivity index (χ4v) is 2.15. The number of anilines is 1. The van der Waals surface area contributed by atoms with Crippen molar-refractivity contribution in [2.45, 2.75) is 27.2 Å². The molecule has 3 N–H and O–H groups in total. The van der Waals surface area contributed by atoms with Crippen LogP contribution in [0.25, 0.3) is 11.1 Å². The van der Waals surface area contributed by atoms with Gasteiger partial charge in [0.25, 0.3) is 0 Å². The van der Waals surface area contributed by atoms with Gasteiger partial charge in [-0.25, -0.2) is 0 Å². The zero-order valence-electron chi connectivity index (χ0n) is 12.3. The van der Waals surface area contributed by atoms with Gasteiger partial charge in [0, 0.05) is 11.3 Å². The molecular weight excluding hydrogens is 246 g/mol. The van der Waals surface area contributed by atoms with Crippen LogP contribution < -0.4 is 5.73 Å². The predicted molar refractivity (Wildman–Crippen MR) is 85.8 cm³/mol. The molecule has 0 heterocycles. The van der Waals surface area contributed by atoms with Gasteiger partial charge >= 0.3 is 0 Å². The summed E-state index contributed by atoms with van der Waals surface area (Å²) in [6.07, 6.45) is 2.84. The van der Waals surface area contributed by atoms with Crippen LogP contribution in [0.4, 0.5) is 5.69 Å². The van der Waals surface area contributed by atoms with E-state index < -0.39 is 0 Å². The first-order valence-electron chi connectivity index (χ1n) is 6.79. The van der Waals surface area contributed by atoms with Crippen LogP contribution in [0.2, 0.25) is 0 Å². The van der Waals surface area contributed by atoms with Gasteiger partial charge in [0.2, 0.25) is 0 Å². The number of nitrogens with two attached hydrogens (primary N) is 1. The molecule has 0 aromatic heterocycles. The lowest BCUT2D eigenvalue weighted by molar-refractivity contribution is 0.470. The Hall–Kier alpha value is -2.22. The van der Waals surface area contributed by atoms with Crippen molar-refractivity contribution in [1.82, 2.24) is 0 Å². The van der Waals surface area contributed by atoms with Crippen LogP contribution in [0.5, 0.6) is 5.75 Å². The van der Waals surface area contributed by atoms with Crippen molar-refractivity contribution < 1.29 is 5.11 Å². The zero-order valence-corrected chi connectivity index (χ0v) is 12.3. The molecular formula is C18H21NO. The molecule has 2 aromatic rings. The van der Waals surface area contributed by atoms with Crippen LogP contribution in [0.3, 0.4) is 0 Å². The minimum Gasteiger partial charge on any atom is -0.508 e. The molecule has 0 aliphatic rings. The summed E-state index contributed by atoms with van der Waals surface area (Å²) in [5, 5.41) is 9.96.